The molecule has 0 fully saturated rings. The number of nitrogens with zero attached hydrogens (tertiary/aromatic N) is 2. The van der Waals surface area contributed by atoms with E-state index in [1.54, 1.807) is 0 Å². The van der Waals surface area contributed by atoms with E-state index in [2.05, 4.69) is 9.71 Å². The number of aromatic nitrogens is 1. The number of fused-ring (bicyclic) bond motifs is 1. The number of pyridine rings is 1. The van der Waals surface area contributed by atoms with E-state index in [9.17, 15) is 13.2 Å². The molecule has 12 heteroatoms. The summed E-state index contributed by atoms with van der Waals surface area (Å²) >= 11 is 5.94. The van der Waals surface area contributed by atoms with Crippen LogP contribution in [0, 0.1) is 10.8 Å². The van der Waals surface area contributed by atoms with Crippen LogP contribution >= 0.6 is 24.2 Å². The summed E-state index contributed by atoms with van der Waals surface area (Å²) < 4.78 is 28.1. The highest BCUT2D eigenvalue weighted by Crippen LogP contribution is 2.28. The fourth-order valence-corrected chi connectivity index (χ4v) is 3.41. The molecule has 0 unspecified atom stereocenters. The summed E-state index contributed by atoms with van der Waals surface area (Å²) in [5.74, 6) is -1.52. The van der Waals surface area contributed by atoms with Crippen molar-refractivity contribution in [3.8, 4) is 0 Å². The molecule has 5 N–H and O–H groups in total. The van der Waals surface area contributed by atoms with Crippen LogP contribution in [0.3, 0.4) is 0 Å². The summed E-state index contributed by atoms with van der Waals surface area (Å²) in [7, 11) is -3.92. The molecule has 2 rings (SSSR count). The first-order chi connectivity index (χ1) is 12.0. The van der Waals surface area contributed by atoms with Crippen LogP contribution in [-0.2, 0) is 14.8 Å². The van der Waals surface area contributed by atoms with Gasteiger partial charge in [0.2, 0.25) is 16.0 Å². The Bertz CT molecular complexity index is 981. The van der Waals surface area contributed by atoms with Gasteiger partial charge in [0.05, 0.1) is 22.2 Å². The molecule has 148 valence electrons. The van der Waals surface area contributed by atoms with Crippen LogP contribution in [0.25, 0.3) is 10.8 Å². The van der Waals surface area contributed by atoms with Crippen LogP contribution in [0.5, 0.6) is 0 Å². The second-order valence-corrected chi connectivity index (χ2v) is 8.33. The molecule has 27 heavy (non-hydrogen) atoms. The van der Waals surface area contributed by atoms with Gasteiger partial charge in [0.25, 0.3) is 0 Å². The molecule has 1 aromatic carbocycles. The average Bonchev–Trinajstić information content (AvgIpc) is 2.58. The average molecular weight is 436 g/mol. The summed E-state index contributed by atoms with van der Waals surface area (Å²) in [6.07, 6.45) is 2.85. The lowest BCUT2D eigenvalue weighted by molar-refractivity contribution is -0.146. The topological polar surface area (TPSA) is 149 Å². The Balaban J connectivity index is 0.00000364. The molecule has 1 aromatic heterocycles. The number of nitrogens with two attached hydrogens (primary N) is 1. The number of carboxylic acid groups (broad SMARTS) is 1. The SMILES string of the molecule is CC(C)(CNS(=O)(=O)c1ccc2c(N(Cl)C(=N)N)cncc2c1)C(=O)O.Cl. The molecule has 0 aliphatic heterocycles. The highest BCUT2D eigenvalue weighted by Gasteiger charge is 2.29. The molecule has 2 aromatic rings. The van der Waals surface area contributed by atoms with E-state index in [1.807, 2.05) is 0 Å². The maximum atomic E-state index is 12.5. The third kappa shape index (κ3) is 4.98. The highest BCUT2D eigenvalue weighted by molar-refractivity contribution is 7.89. The number of sulfonamides is 1. The first-order valence-electron chi connectivity index (χ1n) is 7.36. The van der Waals surface area contributed by atoms with Gasteiger partial charge >= 0.3 is 5.97 Å². The second kappa shape index (κ2) is 8.26. The normalized spacial score (nSPS) is 11.7. The van der Waals surface area contributed by atoms with Gasteiger partial charge in [0, 0.05) is 35.3 Å². The van der Waals surface area contributed by atoms with Crippen LogP contribution < -0.4 is 14.9 Å². The predicted molar refractivity (Wildman–Crippen MR) is 106 cm³/mol. The van der Waals surface area contributed by atoms with Crippen molar-refractivity contribution in [2.24, 2.45) is 11.1 Å². The second-order valence-electron chi connectivity index (χ2n) is 6.22. The minimum absolute atomic E-state index is 0. The van der Waals surface area contributed by atoms with Gasteiger partial charge in [-0.25, -0.2) is 17.6 Å². The van der Waals surface area contributed by atoms with Gasteiger partial charge < -0.3 is 10.8 Å². The predicted octanol–water partition coefficient (Wildman–Crippen LogP) is 1.90. The number of carbonyl (C=O) groups is 1. The quantitative estimate of drug-likeness (QED) is 0.307. The Labute approximate surface area is 167 Å². The van der Waals surface area contributed by atoms with Crippen molar-refractivity contribution in [2.45, 2.75) is 18.7 Å². The van der Waals surface area contributed by atoms with Crippen molar-refractivity contribution in [1.82, 2.24) is 9.71 Å². The Hall–Kier alpha value is -2.14. The van der Waals surface area contributed by atoms with E-state index < -0.39 is 27.4 Å². The fourth-order valence-electron chi connectivity index (χ4n) is 2.03. The Kier molecular flexibility index (Phi) is 7.00. The number of carboxylic acids is 1. The largest absolute Gasteiger partial charge is 0.481 e. The molecular weight excluding hydrogens is 417 g/mol. The monoisotopic (exact) mass is 435 g/mol. The van der Waals surface area contributed by atoms with Gasteiger partial charge in [-0.2, -0.15) is 0 Å². The number of benzene rings is 1. The first kappa shape index (κ1) is 22.9. The molecule has 0 radical (unpaired) electrons. The van der Waals surface area contributed by atoms with Crippen molar-refractivity contribution < 1.29 is 18.3 Å². The third-order valence-electron chi connectivity index (χ3n) is 3.73. The first-order valence-corrected chi connectivity index (χ1v) is 9.18. The maximum Gasteiger partial charge on any atom is 0.310 e. The zero-order chi connectivity index (χ0) is 19.7. The zero-order valence-corrected chi connectivity index (χ0v) is 16.8. The molecule has 9 nitrogen and oxygen atoms in total. The van der Waals surface area contributed by atoms with Crippen LogP contribution in [-0.4, -0.2) is 37.0 Å². The van der Waals surface area contributed by atoms with Crippen LogP contribution in [0.1, 0.15) is 13.8 Å². The fraction of sp³-hybridized carbons (Fsp3) is 0.267. The van der Waals surface area contributed by atoms with E-state index in [0.29, 0.717) is 16.5 Å². The molecule has 0 atom stereocenters. The van der Waals surface area contributed by atoms with Gasteiger partial charge in [0.1, 0.15) is 0 Å². The summed E-state index contributed by atoms with van der Waals surface area (Å²) in [5, 5.41) is 17.5. The number of anilines is 1. The van der Waals surface area contributed by atoms with Gasteiger partial charge in [-0.15, -0.1) is 12.4 Å². The van der Waals surface area contributed by atoms with Gasteiger partial charge in [-0.3, -0.25) is 15.2 Å². The Morgan fingerprint density at radius 1 is 1.41 bits per heavy atom. The zero-order valence-electron chi connectivity index (χ0n) is 14.4. The lowest BCUT2D eigenvalue weighted by Crippen LogP contribution is -2.38. The summed E-state index contributed by atoms with van der Waals surface area (Å²) in [6, 6.07) is 4.25. The van der Waals surface area contributed by atoms with E-state index in [4.69, 9.17) is 28.0 Å². The number of aliphatic carboxylic acids is 1. The van der Waals surface area contributed by atoms with Crippen molar-refractivity contribution in [2.75, 3.05) is 11.0 Å². The molecule has 0 aliphatic rings. The summed E-state index contributed by atoms with van der Waals surface area (Å²) in [4.78, 5) is 15.0. The van der Waals surface area contributed by atoms with E-state index in [-0.39, 0.29) is 23.8 Å². The number of hydrogen-bond donors (Lipinski definition) is 4. The third-order valence-corrected chi connectivity index (χ3v) is 5.49. The minimum atomic E-state index is -3.92. The van der Waals surface area contributed by atoms with Gasteiger partial charge in [-0.1, -0.05) is 6.07 Å². The van der Waals surface area contributed by atoms with Crippen LogP contribution in [0.2, 0.25) is 0 Å². The Morgan fingerprint density at radius 2 is 2.04 bits per heavy atom. The lowest BCUT2D eigenvalue weighted by atomic mass is 9.95. The minimum Gasteiger partial charge on any atom is -0.481 e. The van der Waals surface area contributed by atoms with Crippen molar-refractivity contribution in [3.05, 3.63) is 30.6 Å². The highest BCUT2D eigenvalue weighted by atomic mass is 35.5. The number of rotatable bonds is 6. The number of hydrogen-bond acceptors (Lipinski definition) is 5. The number of halogens is 2. The molecule has 0 saturated heterocycles. The van der Waals surface area contributed by atoms with Crippen LogP contribution in [0.4, 0.5) is 5.69 Å². The molecule has 0 amide bonds. The molecular formula is C15H19Cl2N5O4S. The standard InChI is InChI=1S/C15H18ClN5O4S.ClH/c1-15(2,13(22)23)8-20-26(24,25)10-3-4-11-9(5-10)6-19-7-12(11)21(16)14(17)18;/h3-7,20H,8H2,1-2H3,(H3,17,18)(H,22,23);1H. The summed E-state index contributed by atoms with van der Waals surface area (Å²) in [5.41, 5.74) is 4.44. The van der Waals surface area contributed by atoms with Crippen molar-refractivity contribution >= 4 is 62.6 Å². The number of nitrogens with one attached hydrogen (secondary N) is 2. The molecule has 0 spiro atoms. The molecule has 1 heterocycles. The molecule has 0 bridgehead atoms. The van der Waals surface area contributed by atoms with E-state index >= 15 is 0 Å². The smallest absolute Gasteiger partial charge is 0.310 e. The van der Waals surface area contributed by atoms with Crippen molar-refractivity contribution in [1.29, 1.82) is 5.41 Å². The van der Waals surface area contributed by atoms with Gasteiger partial charge in [-0.05, 0) is 26.0 Å². The van der Waals surface area contributed by atoms with E-state index in [0.717, 1.165) is 4.42 Å². The summed E-state index contributed by atoms with van der Waals surface area (Å²) in [6.45, 7) is 2.58. The van der Waals surface area contributed by atoms with Gasteiger partial charge in [0.15, 0.2) is 0 Å². The lowest BCUT2D eigenvalue weighted by Gasteiger charge is -2.19. The maximum absolute atomic E-state index is 12.5. The van der Waals surface area contributed by atoms with Crippen LogP contribution in [0.15, 0.2) is 35.5 Å². The Morgan fingerprint density at radius 3 is 2.59 bits per heavy atom. The van der Waals surface area contributed by atoms with Crippen molar-refractivity contribution in [3.63, 3.8) is 0 Å². The number of guanidine groups is 1. The molecule has 0 aliphatic carbocycles. The molecule has 0 saturated carbocycles. The van der Waals surface area contributed by atoms with E-state index in [1.165, 1.54) is 44.4 Å².